The first-order chi connectivity index (χ1) is 9.69. The molecule has 0 amide bonds. The summed E-state index contributed by atoms with van der Waals surface area (Å²) in [7, 11) is 2.05. The molecule has 0 aliphatic rings. The summed E-state index contributed by atoms with van der Waals surface area (Å²) in [6.45, 7) is 2.88. The summed E-state index contributed by atoms with van der Waals surface area (Å²) < 4.78 is 1.92. The van der Waals surface area contributed by atoms with Crippen molar-refractivity contribution in [3.05, 3.63) is 41.6 Å². The molecule has 2 aromatic rings. The van der Waals surface area contributed by atoms with Crippen molar-refractivity contribution in [3.63, 3.8) is 0 Å². The molecule has 0 aliphatic carbocycles. The molecule has 0 fully saturated rings. The molecule has 0 saturated heterocycles. The van der Waals surface area contributed by atoms with Gasteiger partial charge >= 0.3 is 0 Å². The third-order valence-corrected chi connectivity index (χ3v) is 3.90. The number of rotatable bonds is 6. The molecule has 0 aliphatic heterocycles. The molecular formula is C15H21N3OS. The van der Waals surface area contributed by atoms with E-state index in [4.69, 9.17) is 0 Å². The van der Waals surface area contributed by atoms with Gasteiger partial charge in [0.1, 0.15) is 5.82 Å². The first-order valence-electron chi connectivity index (χ1n) is 6.64. The molecule has 0 atom stereocenters. The Hall–Kier alpha value is -1.46. The van der Waals surface area contributed by atoms with Crippen LogP contribution in [0.25, 0.3) is 5.69 Å². The van der Waals surface area contributed by atoms with Gasteiger partial charge in [0.2, 0.25) is 0 Å². The van der Waals surface area contributed by atoms with Gasteiger partial charge in [0.25, 0.3) is 0 Å². The first-order valence-corrected chi connectivity index (χ1v) is 8.03. The van der Waals surface area contributed by atoms with Crippen LogP contribution in [-0.2, 0) is 6.61 Å². The van der Waals surface area contributed by atoms with E-state index >= 15 is 0 Å². The molecule has 2 rings (SSSR count). The van der Waals surface area contributed by atoms with Crippen LogP contribution < -0.4 is 4.90 Å². The van der Waals surface area contributed by atoms with Crippen LogP contribution in [0.1, 0.15) is 11.3 Å². The number of aliphatic hydroxyl groups is 1. The minimum atomic E-state index is 0.0115. The number of benzene rings is 1. The number of hydrogen-bond donors (Lipinski definition) is 1. The Morgan fingerprint density at radius 2 is 2.00 bits per heavy atom. The van der Waals surface area contributed by atoms with Crippen molar-refractivity contribution in [1.82, 2.24) is 9.78 Å². The van der Waals surface area contributed by atoms with E-state index in [0.29, 0.717) is 0 Å². The second-order valence-electron chi connectivity index (χ2n) is 4.71. The summed E-state index contributed by atoms with van der Waals surface area (Å²) in [5.74, 6) is 2.02. The predicted octanol–water partition coefficient (Wildman–Crippen LogP) is 2.47. The van der Waals surface area contributed by atoms with Crippen LogP contribution >= 0.6 is 11.8 Å². The Bertz CT molecular complexity index is 554. The average Bonchev–Trinajstić information content (AvgIpc) is 2.82. The Labute approximate surface area is 124 Å². The maximum Gasteiger partial charge on any atom is 0.137 e. The number of thioether (sulfide) groups is 1. The van der Waals surface area contributed by atoms with Gasteiger partial charge < -0.3 is 10.0 Å². The number of aliphatic hydroxyl groups excluding tert-OH is 1. The fraction of sp³-hybridized carbons (Fsp3) is 0.400. The van der Waals surface area contributed by atoms with E-state index < -0.39 is 0 Å². The Kier molecular flexibility index (Phi) is 5.09. The molecule has 1 aromatic carbocycles. The second-order valence-corrected chi connectivity index (χ2v) is 5.69. The van der Waals surface area contributed by atoms with Gasteiger partial charge in [-0.05, 0) is 25.3 Å². The van der Waals surface area contributed by atoms with Crippen LogP contribution in [-0.4, -0.2) is 40.5 Å². The van der Waals surface area contributed by atoms with Crippen LogP contribution in [0.15, 0.2) is 30.3 Å². The zero-order valence-corrected chi connectivity index (χ0v) is 13.0. The third-order valence-electron chi connectivity index (χ3n) is 3.31. The molecule has 20 heavy (non-hydrogen) atoms. The molecule has 0 unspecified atom stereocenters. The van der Waals surface area contributed by atoms with Gasteiger partial charge in [-0.1, -0.05) is 18.2 Å². The fourth-order valence-electron chi connectivity index (χ4n) is 2.21. The van der Waals surface area contributed by atoms with Crippen LogP contribution in [0, 0.1) is 6.92 Å². The molecule has 4 nitrogen and oxygen atoms in total. The minimum absolute atomic E-state index is 0.0115. The quantitative estimate of drug-likeness (QED) is 0.888. The molecule has 0 spiro atoms. The van der Waals surface area contributed by atoms with Gasteiger partial charge in [0.05, 0.1) is 18.0 Å². The highest BCUT2D eigenvalue weighted by Gasteiger charge is 2.18. The van der Waals surface area contributed by atoms with E-state index in [9.17, 15) is 5.11 Å². The highest BCUT2D eigenvalue weighted by Crippen LogP contribution is 2.26. The summed E-state index contributed by atoms with van der Waals surface area (Å²) in [4.78, 5) is 2.16. The third kappa shape index (κ3) is 2.99. The number of hydrogen-bond acceptors (Lipinski definition) is 4. The second kappa shape index (κ2) is 6.81. The molecule has 0 radical (unpaired) electrons. The lowest BCUT2D eigenvalue weighted by Gasteiger charge is -2.21. The van der Waals surface area contributed by atoms with Crippen molar-refractivity contribution in [2.75, 3.05) is 30.5 Å². The summed E-state index contributed by atoms with van der Waals surface area (Å²) in [6.07, 6.45) is 2.10. The summed E-state index contributed by atoms with van der Waals surface area (Å²) in [5.41, 5.74) is 2.79. The number of aromatic nitrogens is 2. The lowest BCUT2D eigenvalue weighted by Crippen LogP contribution is -2.24. The van der Waals surface area contributed by atoms with Gasteiger partial charge in [-0.15, -0.1) is 0 Å². The minimum Gasteiger partial charge on any atom is -0.391 e. The van der Waals surface area contributed by atoms with Gasteiger partial charge in [0.15, 0.2) is 0 Å². The number of aryl methyl sites for hydroxylation is 1. The van der Waals surface area contributed by atoms with E-state index in [1.807, 2.05) is 60.7 Å². The predicted molar refractivity (Wildman–Crippen MR) is 85.9 cm³/mol. The van der Waals surface area contributed by atoms with E-state index in [2.05, 4.69) is 16.3 Å². The van der Waals surface area contributed by atoms with E-state index in [1.165, 1.54) is 0 Å². The fourth-order valence-corrected chi connectivity index (χ4v) is 2.66. The van der Waals surface area contributed by atoms with E-state index in [0.717, 1.165) is 35.1 Å². The lowest BCUT2D eigenvalue weighted by molar-refractivity contribution is 0.281. The van der Waals surface area contributed by atoms with Crippen molar-refractivity contribution < 1.29 is 5.11 Å². The van der Waals surface area contributed by atoms with Crippen LogP contribution in [0.5, 0.6) is 0 Å². The summed E-state index contributed by atoms with van der Waals surface area (Å²) >= 11 is 1.81. The maximum atomic E-state index is 9.65. The molecule has 0 saturated carbocycles. The Morgan fingerprint density at radius 1 is 1.30 bits per heavy atom. The average molecular weight is 291 g/mol. The smallest absolute Gasteiger partial charge is 0.137 e. The molecule has 108 valence electrons. The number of nitrogens with zero attached hydrogens (tertiary/aromatic N) is 3. The summed E-state index contributed by atoms with van der Waals surface area (Å²) in [5, 5.41) is 14.2. The SMILES string of the molecule is CSCCN(C)c1c(CO)c(C)nn1-c1ccccc1. The lowest BCUT2D eigenvalue weighted by atomic mass is 10.2. The van der Waals surface area contributed by atoms with Crippen molar-refractivity contribution in [1.29, 1.82) is 0 Å². The standard InChI is InChI=1S/C15H21N3OS/c1-12-14(11-19)15(17(2)9-10-20-3)18(16-12)13-7-5-4-6-8-13/h4-8,19H,9-11H2,1-3H3. The van der Waals surface area contributed by atoms with Gasteiger partial charge in [0, 0.05) is 24.9 Å². The van der Waals surface area contributed by atoms with Gasteiger partial charge in [-0.25, -0.2) is 4.68 Å². The normalized spacial score (nSPS) is 10.8. The largest absolute Gasteiger partial charge is 0.391 e. The molecule has 0 bridgehead atoms. The maximum absolute atomic E-state index is 9.65. The molecule has 5 heteroatoms. The first kappa shape index (κ1) is 14.9. The zero-order chi connectivity index (χ0) is 14.5. The number of anilines is 1. The van der Waals surface area contributed by atoms with Crippen molar-refractivity contribution in [2.24, 2.45) is 0 Å². The number of para-hydroxylation sites is 1. The van der Waals surface area contributed by atoms with Gasteiger partial charge in [-0.2, -0.15) is 16.9 Å². The van der Waals surface area contributed by atoms with Crippen LogP contribution in [0.2, 0.25) is 0 Å². The Balaban J connectivity index is 2.46. The molecular weight excluding hydrogens is 270 g/mol. The van der Waals surface area contributed by atoms with Crippen LogP contribution in [0.4, 0.5) is 5.82 Å². The van der Waals surface area contributed by atoms with E-state index in [1.54, 1.807) is 0 Å². The molecule has 1 N–H and O–H groups in total. The highest BCUT2D eigenvalue weighted by molar-refractivity contribution is 7.98. The Morgan fingerprint density at radius 3 is 2.60 bits per heavy atom. The van der Waals surface area contributed by atoms with Crippen molar-refractivity contribution >= 4 is 17.6 Å². The van der Waals surface area contributed by atoms with Gasteiger partial charge in [-0.3, -0.25) is 0 Å². The van der Waals surface area contributed by atoms with E-state index in [-0.39, 0.29) is 6.61 Å². The molecule has 1 aromatic heterocycles. The van der Waals surface area contributed by atoms with Crippen molar-refractivity contribution in [2.45, 2.75) is 13.5 Å². The molecule has 1 heterocycles. The zero-order valence-electron chi connectivity index (χ0n) is 12.2. The van der Waals surface area contributed by atoms with Crippen LogP contribution in [0.3, 0.4) is 0 Å². The highest BCUT2D eigenvalue weighted by atomic mass is 32.2. The van der Waals surface area contributed by atoms with Crippen molar-refractivity contribution in [3.8, 4) is 5.69 Å². The topological polar surface area (TPSA) is 41.3 Å². The summed E-state index contributed by atoms with van der Waals surface area (Å²) in [6, 6.07) is 10.0. The monoisotopic (exact) mass is 291 g/mol.